The lowest BCUT2D eigenvalue weighted by molar-refractivity contribution is -0.122. The van der Waals surface area contributed by atoms with Crippen LogP contribution in [0.4, 0.5) is 5.69 Å². The summed E-state index contributed by atoms with van der Waals surface area (Å²) in [6, 6.07) is 4.36. The molecule has 1 unspecified atom stereocenters. The molecule has 1 heterocycles. The molecule has 0 saturated heterocycles. The van der Waals surface area contributed by atoms with Crippen LogP contribution in [0, 0.1) is 11.8 Å². The Morgan fingerprint density at radius 2 is 1.95 bits per heavy atom. The molecule has 1 aromatic carbocycles. The van der Waals surface area contributed by atoms with Crippen LogP contribution >= 0.6 is 0 Å². The third-order valence-corrected chi connectivity index (χ3v) is 4.61. The van der Waals surface area contributed by atoms with Crippen molar-refractivity contribution in [1.29, 1.82) is 0 Å². The summed E-state index contributed by atoms with van der Waals surface area (Å²) in [7, 11) is -3.83. The fraction of sp³-hybridized carbons (Fsp3) is 0.533. The van der Waals surface area contributed by atoms with Gasteiger partial charge in [-0.25, -0.2) is 13.6 Å². The lowest BCUT2D eigenvalue weighted by Gasteiger charge is -2.37. The highest BCUT2D eigenvalue weighted by Gasteiger charge is 2.33. The molecular weight excluding hydrogens is 304 g/mol. The number of ether oxygens (including phenoxy) is 1. The Morgan fingerprint density at radius 1 is 1.32 bits per heavy atom. The smallest absolute Gasteiger partial charge is 0.238 e. The van der Waals surface area contributed by atoms with Crippen molar-refractivity contribution in [1.82, 2.24) is 0 Å². The number of primary sulfonamides is 1. The quantitative estimate of drug-likeness (QED) is 0.916. The summed E-state index contributed by atoms with van der Waals surface area (Å²) < 4.78 is 29.0. The van der Waals surface area contributed by atoms with Crippen molar-refractivity contribution in [3.05, 3.63) is 18.2 Å². The van der Waals surface area contributed by atoms with E-state index in [0.29, 0.717) is 18.0 Å². The number of nitrogens with two attached hydrogens (primary N) is 1. The fourth-order valence-electron chi connectivity index (χ4n) is 2.33. The Morgan fingerprint density at radius 3 is 2.45 bits per heavy atom. The third kappa shape index (κ3) is 3.25. The Kier molecular flexibility index (Phi) is 4.49. The van der Waals surface area contributed by atoms with Gasteiger partial charge in [0, 0.05) is 5.92 Å². The monoisotopic (exact) mass is 326 g/mol. The van der Waals surface area contributed by atoms with E-state index in [9.17, 15) is 13.2 Å². The summed E-state index contributed by atoms with van der Waals surface area (Å²) in [6.45, 7) is 8.06. The van der Waals surface area contributed by atoms with Crippen LogP contribution in [0.5, 0.6) is 5.75 Å². The lowest BCUT2D eigenvalue weighted by atomic mass is 10.0. The highest BCUT2D eigenvalue weighted by molar-refractivity contribution is 7.89. The largest absolute Gasteiger partial charge is 0.486 e. The maximum Gasteiger partial charge on any atom is 0.238 e. The van der Waals surface area contributed by atoms with E-state index >= 15 is 0 Å². The maximum atomic E-state index is 12.5. The van der Waals surface area contributed by atoms with Crippen LogP contribution in [-0.4, -0.2) is 27.0 Å². The van der Waals surface area contributed by atoms with Crippen LogP contribution in [0.15, 0.2) is 23.1 Å². The second kappa shape index (κ2) is 5.89. The molecule has 0 saturated carbocycles. The number of nitrogens with zero attached hydrogens (tertiary/aromatic N) is 1. The number of carbonyl (C=O) groups excluding carboxylic acids is 1. The van der Waals surface area contributed by atoms with Gasteiger partial charge < -0.3 is 9.64 Å². The van der Waals surface area contributed by atoms with E-state index in [1.54, 1.807) is 11.0 Å². The highest BCUT2D eigenvalue weighted by atomic mass is 32.2. The predicted octanol–water partition coefficient (Wildman–Crippen LogP) is 1.74. The van der Waals surface area contributed by atoms with Crippen molar-refractivity contribution in [3.8, 4) is 5.75 Å². The van der Waals surface area contributed by atoms with Gasteiger partial charge in [-0.1, -0.05) is 27.7 Å². The minimum absolute atomic E-state index is 0.0283. The van der Waals surface area contributed by atoms with Crippen LogP contribution < -0.4 is 14.8 Å². The average Bonchev–Trinajstić information content (AvgIpc) is 2.43. The van der Waals surface area contributed by atoms with Gasteiger partial charge in [0.05, 0.1) is 17.1 Å². The fourth-order valence-corrected chi connectivity index (χ4v) is 2.86. The van der Waals surface area contributed by atoms with E-state index in [-0.39, 0.29) is 28.7 Å². The summed E-state index contributed by atoms with van der Waals surface area (Å²) in [4.78, 5) is 14.1. The van der Waals surface area contributed by atoms with Gasteiger partial charge in [0.1, 0.15) is 11.9 Å². The normalized spacial score (nSPS) is 18.3. The van der Waals surface area contributed by atoms with Crippen LogP contribution in [0.1, 0.15) is 27.7 Å². The van der Waals surface area contributed by atoms with Crippen molar-refractivity contribution >= 4 is 21.6 Å². The van der Waals surface area contributed by atoms with Gasteiger partial charge >= 0.3 is 0 Å². The summed E-state index contributed by atoms with van der Waals surface area (Å²) >= 11 is 0. The SMILES string of the molecule is CC(C)C(=O)N1CC(C(C)C)Oc2ccc(S(N)(=O)=O)cc21. The third-order valence-electron chi connectivity index (χ3n) is 3.69. The topological polar surface area (TPSA) is 89.7 Å². The standard InChI is InChI=1S/C15H22N2O4S/c1-9(2)14-8-17(15(18)10(3)4)12-7-11(22(16,19)20)5-6-13(12)21-14/h5-7,9-10,14H,8H2,1-4H3,(H2,16,19,20). The van der Waals surface area contributed by atoms with Crippen molar-refractivity contribution in [2.24, 2.45) is 17.0 Å². The number of hydrogen-bond acceptors (Lipinski definition) is 4. The maximum absolute atomic E-state index is 12.5. The first-order valence-corrected chi connectivity index (χ1v) is 8.80. The van der Waals surface area contributed by atoms with Gasteiger partial charge in [0.25, 0.3) is 0 Å². The van der Waals surface area contributed by atoms with Crippen molar-refractivity contribution in [2.45, 2.75) is 38.7 Å². The molecular formula is C15H22N2O4S. The molecule has 2 rings (SSSR count). The summed E-state index contributed by atoms with van der Waals surface area (Å²) in [5.74, 6) is 0.471. The first-order chi connectivity index (χ1) is 10.1. The van der Waals surface area contributed by atoms with E-state index in [1.165, 1.54) is 12.1 Å². The Labute approximate surface area is 131 Å². The number of amides is 1. The zero-order chi connectivity index (χ0) is 16.7. The van der Waals surface area contributed by atoms with Gasteiger partial charge in [0.2, 0.25) is 15.9 Å². The van der Waals surface area contributed by atoms with E-state index in [1.807, 2.05) is 27.7 Å². The molecule has 122 valence electrons. The van der Waals surface area contributed by atoms with E-state index < -0.39 is 10.0 Å². The van der Waals surface area contributed by atoms with Crippen molar-refractivity contribution < 1.29 is 17.9 Å². The molecule has 2 N–H and O–H groups in total. The molecule has 0 fully saturated rings. The summed E-state index contributed by atoms with van der Waals surface area (Å²) in [5, 5.41) is 5.17. The number of carbonyl (C=O) groups is 1. The molecule has 0 spiro atoms. The predicted molar refractivity (Wildman–Crippen MR) is 84.3 cm³/mol. The molecule has 1 atom stereocenters. The molecule has 6 nitrogen and oxygen atoms in total. The zero-order valence-corrected chi connectivity index (χ0v) is 14.1. The molecule has 0 aromatic heterocycles. The van der Waals surface area contributed by atoms with Crippen LogP contribution in [0.25, 0.3) is 0 Å². The van der Waals surface area contributed by atoms with Gasteiger partial charge in [-0.15, -0.1) is 0 Å². The Hall–Kier alpha value is -1.60. The zero-order valence-electron chi connectivity index (χ0n) is 13.2. The molecule has 1 aromatic rings. The molecule has 22 heavy (non-hydrogen) atoms. The first-order valence-electron chi connectivity index (χ1n) is 7.26. The molecule has 0 bridgehead atoms. The number of rotatable bonds is 3. The lowest BCUT2D eigenvalue weighted by Crippen LogP contribution is -2.47. The second-order valence-corrected chi connectivity index (χ2v) is 7.74. The van der Waals surface area contributed by atoms with Crippen LogP contribution in [-0.2, 0) is 14.8 Å². The average molecular weight is 326 g/mol. The summed E-state index contributed by atoms with van der Waals surface area (Å²) in [5.41, 5.74) is 0.460. The van der Waals surface area contributed by atoms with Gasteiger partial charge in [-0.05, 0) is 24.1 Å². The molecule has 7 heteroatoms. The second-order valence-electron chi connectivity index (χ2n) is 6.18. The number of fused-ring (bicyclic) bond motifs is 1. The molecule has 0 aliphatic carbocycles. The minimum atomic E-state index is -3.83. The van der Waals surface area contributed by atoms with Crippen molar-refractivity contribution in [2.75, 3.05) is 11.4 Å². The van der Waals surface area contributed by atoms with Gasteiger partial charge in [0.15, 0.2) is 0 Å². The number of benzene rings is 1. The molecule has 1 aliphatic rings. The number of hydrogen-bond donors (Lipinski definition) is 1. The highest BCUT2D eigenvalue weighted by Crippen LogP contribution is 2.37. The Bertz CT molecular complexity index is 683. The molecule has 1 aliphatic heterocycles. The number of sulfonamides is 1. The van der Waals surface area contributed by atoms with E-state index in [2.05, 4.69) is 0 Å². The minimum Gasteiger partial charge on any atom is -0.486 e. The number of anilines is 1. The molecule has 0 radical (unpaired) electrons. The van der Waals surface area contributed by atoms with Gasteiger partial charge in [-0.2, -0.15) is 0 Å². The molecule has 1 amide bonds. The van der Waals surface area contributed by atoms with E-state index in [4.69, 9.17) is 9.88 Å². The van der Waals surface area contributed by atoms with Gasteiger partial charge in [-0.3, -0.25) is 4.79 Å². The van der Waals surface area contributed by atoms with E-state index in [0.717, 1.165) is 0 Å². The summed E-state index contributed by atoms with van der Waals surface area (Å²) in [6.07, 6.45) is -0.129. The first kappa shape index (κ1) is 16.8. The van der Waals surface area contributed by atoms with Crippen LogP contribution in [0.2, 0.25) is 0 Å². The Balaban J connectivity index is 2.53. The van der Waals surface area contributed by atoms with Crippen LogP contribution in [0.3, 0.4) is 0 Å². The van der Waals surface area contributed by atoms with Crippen molar-refractivity contribution in [3.63, 3.8) is 0 Å².